The molecule has 1 aromatic heterocycles. The molecule has 3 N–H and O–H groups in total. The number of benzene rings is 1. The number of carbonyl (C=O) groups is 1. The van der Waals surface area contributed by atoms with Gasteiger partial charge in [0.1, 0.15) is 0 Å². The summed E-state index contributed by atoms with van der Waals surface area (Å²) in [6.07, 6.45) is 0. The number of carboxylic acid groups (broad SMARTS) is 1. The van der Waals surface area contributed by atoms with Crippen LogP contribution in [-0.2, 0) is 6.54 Å². The highest BCUT2D eigenvalue weighted by molar-refractivity contribution is 7.07. The first-order valence-corrected chi connectivity index (χ1v) is 6.38. The monoisotopic (exact) mass is 262 g/mol. The number of carboxylic acids is 1. The van der Waals surface area contributed by atoms with Crippen LogP contribution in [0.5, 0.6) is 0 Å². The molecule has 2 aromatic rings. The molecule has 0 radical (unpaired) electrons. The number of anilines is 2. The fraction of sp³-hybridized carbons (Fsp3) is 0.154. The molecular weight excluding hydrogens is 248 g/mol. The molecule has 0 bridgehead atoms. The van der Waals surface area contributed by atoms with Crippen molar-refractivity contribution in [1.82, 2.24) is 0 Å². The number of hydrogen-bond acceptors (Lipinski definition) is 4. The van der Waals surface area contributed by atoms with Crippen molar-refractivity contribution in [3.63, 3.8) is 0 Å². The van der Waals surface area contributed by atoms with E-state index in [1.54, 1.807) is 29.5 Å². The Morgan fingerprint density at radius 3 is 2.83 bits per heavy atom. The highest BCUT2D eigenvalue weighted by atomic mass is 32.1. The van der Waals surface area contributed by atoms with Crippen molar-refractivity contribution in [1.29, 1.82) is 0 Å². The maximum atomic E-state index is 11.2. The normalized spacial score (nSPS) is 10.3. The molecule has 0 aliphatic heterocycles. The lowest BCUT2D eigenvalue weighted by Gasteiger charge is -2.22. The van der Waals surface area contributed by atoms with Crippen molar-refractivity contribution >= 4 is 28.7 Å². The van der Waals surface area contributed by atoms with E-state index in [4.69, 9.17) is 5.73 Å². The minimum atomic E-state index is -0.963. The van der Waals surface area contributed by atoms with E-state index in [0.717, 1.165) is 5.56 Å². The topological polar surface area (TPSA) is 66.6 Å². The summed E-state index contributed by atoms with van der Waals surface area (Å²) in [5.74, 6) is -0.963. The maximum Gasteiger partial charge on any atom is 0.337 e. The molecule has 0 aliphatic carbocycles. The van der Waals surface area contributed by atoms with Gasteiger partial charge in [0.2, 0.25) is 0 Å². The molecule has 0 saturated heterocycles. The standard InChI is InChI=1S/C13H14N2O2S/c1-15(7-9-5-6-18-8-9)12-10(13(16)17)3-2-4-11(12)14/h2-6,8H,7,14H2,1H3,(H,16,17). The number of rotatable bonds is 4. The second-order valence-electron chi connectivity index (χ2n) is 4.04. The minimum Gasteiger partial charge on any atom is -0.478 e. The van der Waals surface area contributed by atoms with Crippen LogP contribution in [0.4, 0.5) is 11.4 Å². The summed E-state index contributed by atoms with van der Waals surface area (Å²) < 4.78 is 0. The van der Waals surface area contributed by atoms with Gasteiger partial charge in [0.15, 0.2) is 0 Å². The molecule has 0 atom stereocenters. The first-order valence-electron chi connectivity index (χ1n) is 5.43. The van der Waals surface area contributed by atoms with Gasteiger partial charge in [-0.05, 0) is 34.5 Å². The maximum absolute atomic E-state index is 11.2. The summed E-state index contributed by atoms with van der Waals surface area (Å²) >= 11 is 1.62. The van der Waals surface area contributed by atoms with Crippen LogP contribution in [0.15, 0.2) is 35.0 Å². The third kappa shape index (κ3) is 2.46. The van der Waals surface area contributed by atoms with Gasteiger partial charge in [-0.15, -0.1) is 0 Å². The van der Waals surface area contributed by atoms with Gasteiger partial charge in [-0.3, -0.25) is 0 Å². The van der Waals surface area contributed by atoms with E-state index in [9.17, 15) is 9.90 Å². The lowest BCUT2D eigenvalue weighted by atomic mass is 10.1. The van der Waals surface area contributed by atoms with Gasteiger partial charge < -0.3 is 15.7 Å². The summed E-state index contributed by atoms with van der Waals surface area (Å²) in [4.78, 5) is 13.1. The molecule has 1 heterocycles. The van der Waals surface area contributed by atoms with E-state index in [-0.39, 0.29) is 5.56 Å². The van der Waals surface area contributed by atoms with E-state index in [0.29, 0.717) is 17.9 Å². The van der Waals surface area contributed by atoms with Gasteiger partial charge in [0, 0.05) is 13.6 Å². The number of para-hydroxylation sites is 1. The van der Waals surface area contributed by atoms with Crippen molar-refractivity contribution in [2.24, 2.45) is 0 Å². The summed E-state index contributed by atoms with van der Waals surface area (Å²) in [5, 5.41) is 13.2. The van der Waals surface area contributed by atoms with Gasteiger partial charge in [-0.2, -0.15) is 11.3 Å². The lowest BCUT2D eigenvalue weighted by Crippen LogP contribution is -2.20. The number of nitrogen functional groups attached to an aromatic ring is 1. The largest absolute Gasteiger partial charge is 0.478 e. The Bertz CT molecular complexity index is 552. The Hall–Kier alpha value is -2.01. The smallest absolute Gasteiger partial charge is 0.337 e. The van der Waals surface area contributed by atoms with Gasteiger partial charge in [-0.25, -0.2) is 4.79 Å². The fourth-order valence-corrected chi connectivity index (χ4v) is 2.56. The quantitative estimate of drug-likeness (QED) is 0.831. The molecule has 2 rings (SSSR count). The molecule has 0 unspecified atom stereocenters. The zero-order valence-electron chi connectivity index (χ0n) is 9.96. The molecule has 94 valence electrons. The van der Waals surface area contributed by atoms with E-state index < -0.39 is 5.97 Å². The van der Waals surface area contributed by atoms with Gasteiger partial charge >= 0.3 is 5.97 Å². The molecule has 0 aliphatic rings. The Labute approximate surface area is 109 Å². The van der Waals surface area contributed by atoms with Crippen molar-refractivity contribution in [3.8, 4) is 0 Å². The first kappa shape index (κ1) is 12.4. The molecule has 0 fully saturated rings. The lowest BCUT2D eigenvalue weighted by molar-refractivity contribution is 0.0697. The SMILES string of the molecule is CN(Cc1ccsc1)c1c(N)cccc1C(=O)O. The van der Waals surface area contributed by atoms with Crippen LogP contribution in [0.1, 0.15) is 15.9 Å². The number of nitrogens with zero attached hydrogens (tertiary/aromatic N) is 1. The third-order valence-corrected chi connectivity index (χ3v) is 3.41. The summed E-state index contributed by atoms with van der Waals surface area (Å²) in [6.45, 7) is 0.637. The first-order chi connectivity index (χ1) is 8.59. The van der Waals surface area contributed by atoms with Gasteiger partial charge in [-0.1, -0.05) is 6.07 Å². The predicted octanol–water partition coefficient (Wildman–Crippen LogP) is 2.66. The number of thiophene rings is 1. The second-order valence-corrected chi connectivity index (χ2v) is 4.82. The Kier molecular flexibility index (Phi) is 3.53. The van der Waals surface area contributed by atoms with Crippen molar-refractivity contribution in [2.75, 3.05) is 17.7 Å². The van der Waals surface area contributed by atoms with E-state index >= 15 is 0 Å². The van der Waals surface area contributed by atoms with Crippen LogP contribution in [0.2, 0.25) is 0 Å². The molecule has 5 heteroatoms. The van der Waals surface area contributed by atoms with Crippen LogP contribution in [0, 0.1) is 0 Å². The Balaban J connectivity index is 2.34. The highest BCUT2D eigenvalue weighted by Gasteiger charge is 2.16. The molecule has 1 aromatic carbocycles. The molecule has 0 saturated carbocycles. The summed E-state index contributed by atoms with van der Waals surface area (Å²) in [6, 6.07) is 6.95. The van der Waals surface area contributed by atoms with Crippen molar-refractivity contribution < 1.29 is 9.90 Å². The Morgan fingerprint density at radius 1 is 1.44 bits per heavy atom. The van der Waals surface area contributed by atoms with Crippen LogP contribution < -0.4 is 10.6 Å². The zero-order valence-corrected chi connectivity index (χ0v) is 10.8. The van der Waals surface area contributed by atoms with Gasteiger partial charge in [0.25, 0.3) is 0 Å². The molecule has 0 amide bonds. The molecule has 0 spiro atoms. The number of nitrogens with two attached hydrogens (primary N) is 1. The molecular formula is C13H14N2O2S. The van der Waals surface area contributed by atoms with E-state index in [1.807, 2.05) is 28.8 Å². The van der Waals surface area contributed by atoms with Crippen molar-refractivity contribution in [3.05, 3.63) is 46.2 Å². The fourth-order valence-electron chi connectivity index (χ4n) is 1.90. The highest BCUT2D eigenvalue weighted by Crippen LogP contribution is 2.28. The average molecular weight is 262 g/mol. The number of aromatic carboxylic acids is 1. The van der Waals surface area contributed by atoms with E-state index in [1.165, 1.54) is 0 Å². The van der Waals surface area contributed by atoms with Gasteiger partial charge in [0.05, 0.1) is 16.9 Å². The zero-order chi connectivity index (χ0) is 13.1. The second kappa shape index (κ2) is 5.10. The predicted molar refractivity (Wildman–Crippen MR) is 74.2 cm³/mol. The number of hydrogen-bond donors (Lipinski definition) is 2. The summed E-state index contributed by atoms with van der Waals surface area (Å²) in [5.41, 5.74) is 8.30. The van der Waals surface area contributed by atoms with Crippen LogP contribution >= 0.6 is 11.3 Å². The molecule has 4 nitrogen and oxygen atoms in total. The van der Waals surface area contributed by atoms with Crippen LogP contribution in [0.25, 0.3) is 0 Å². The van der Waals surface area contributed by atoms with Crippen molar-refractivity contribution in [2.45, 2.75) is 6.54 Å². The van der Waals surface area contributed by atoms with Crippen LogP contribution in [-0.4, -0.2) is 18.1 Å². The third-order valence-electron chi connectivity index (χ3n) is 2.68. The summed E-state index contributed by atoms with van der Waals surface area (Å²) in [7, 11) is 1.84. The van der Waals surface area contributed by atoms with E-state index in [2.05, 4.69) is 0 Å². The average Bonchev–Trinajstić information content (AvgIpc) is 2.81. The Morgan fingerprint density at radius 2 is 2.22 bits per heavy atom. The minimum absolute atomic E-state index is 0.229. The molecule has 18 heavy (non-hydrogen) atoms. The van der Waals surface area contributed by atoms with Crippen LogP contribution in [0.3, 0.4) is 0 Å².